The summed E-state index contributed by atoms with van der Waals surface area (Å²) >= 11 is 15.0. The van der Waals surface area contributed by atoms with E-state index >= 15 is 0 Å². The Balaban J connectivity index is 2.43. The molecule has 0 atom stereocenters. The molecule has 4 nitrogen and oxygen atoms in total. The van der Waals surface area contributed by atoms with Crippen LogP contribution in [0.15, 0.2) is 45.8 Å². The summed E-state index contributed by atoms with van der Waals surface area (Å²) in [6.07, 6.45) is 0. The second-order valence-corrected chi connectivity index (χ2v) is 7.31. The highest BCUT2D eigenvalue weighted by atomic mass is 79.9. The van der Waals surface area contributed by atoms with Crippen molar-refractivity contribution in [2.24, 2.45) is 0 Å². The summed E-state index contributed by atoms with van der Waals surface area (Å²) in [7, 11) is -3.91. The number of hydrogen-bond acceptors (Lipinski definition) is 3. The summed E-state index contributed by atoms with van der Waals surface area (Å²) in [6, 6.07) is 10.5. The minimum atomic E-state index is -3.91. The summed E-state index contributed by atoms with van der Waals surface area (Å²) in [6.45, 7) is 0. The monoisotopic (exact) mass is 404 g/mol. The second kappa shape index (κ2) is 6.24. The van der Waals surface area contributed by atoms with E-state index in [0.717, 1.165) is 0 Å². The molecule has 0 radical (unpaired) electrons. The van der Waals surface area contributed by atoms with Gasteiger partial charge in [0.05, 0.1) is 27.4 Å². The number of benzene rings is 2. The van der Waals surface area contributed by atoms with Crippen LogP contribution in [0.25, 0.3) is 0 Å². The normalized spacial score (nSPS) is 11.0. The van der Waals surface area contributed by atoms with E-state index < -0.39 is 10.0 Å². The van der Waals surface area contributed by atoms with Crippen LogP contribution in [-0.4, -0.2) is 8.42 Å². The summed E-state index contributed by atoms with van der Waals surface area (Å²) in [5.41, 5.74) is 0.496. The fraction of sp³-hybridized carbons (Fsp3) is 0. The summed E-state index contributed by atoms with van der Waals surface area (Å²) in [4.78, 5) is -0.165. The lowest BCUT2D eigenvalue weighted by atomic mass is 10.2. The van der Waals surface area contributed by atoms with Crippen molar-refractivity contribution in [1.29, 1.82) is 5.26 Å². The maximum atomic E-state index is 12.3. The Hall–Kier alpha value is -1.26. The van der Waals surface area contributed by atoms with Gasteiger partial charge in [0, 0.05) is 4.47 Å². The summed E-state index contributed by atoms with van der Waals surface area (Å²) in [5.74, 6) is 0. The first-order valence-corrected chi connectivity index (χ1v) is 8.54. The van der Waals surface area contributed by atoms with Crippen LogP contribution < -0.4 is 4.72 Å². The average molecular weight is 406 g/mol. The molecule has 2 aromatic carbocycles. The van der Waals surface area contributed by atoms with Gasteiger partial charge in [-0.1, -0.05) is 23.2 Å². The minimum Gasteiger partial charge on any atom is -0.280 e. The molecule has 1 N–H and O–H groups in total. The number of nitrogens with one attached hydrogen (secondary N) is 1. The van der Waals surface area contributed by atoms with Crippen LogP contribution in [0, 0.1) is 11.3 Å². The molecular formula is C13H7BrCl2N2O2S. The molecule has 0 aliphatic carbocycles. The van der Waals surface area contributed by atoms with Crippen molar-refractivity contribution in [2.75, 3.05) is 4.72 Å². The van der Waals surface area contributed by atoms with Crippen LogP contribution in [-0.2, 0) is 10.0 Å². The quantitative estimate of drug-likeness (QED) is 0.820. The Morgan fingerprint density at radius 1 is 1.10 bits per heavy atom. The van der Waals surface area contributed by atoms with E-state index in [4.69, 9.17) is 28.5 Å². The first kappa shape index (κ1) is 16.1. The Morgan fingerprint density at radius 2 is 1.81 bits per heavy atom. The van der Waals surface area contributed by atoms with Crippen molar-refractivity contribution in [3.63, 3.8) is 0 Å². The van der Waals surface area contributed by atoms with Crippen molar-refractivity contribution >= 4 is 54.8 Å². The number of sulfonamides is 1. The van der Waals surface area contributed by atoms with E-state index in [9.17, 15) is 8.42 Å². The van der Waals surface area contributed by atoms with Crippen molar-refractivity contribution in [2.45, 2.75) is 4.90 Å². The molecule has 0 aliphatic heterocycles. The van der Waals surface area contributed by atoms with E-state index in [2.05, 4.69) is 20.7 Å². The molecule has 0 unspecified atom stereocenters. The second-order valence-electron chi connectivity index (χ2n) is 3.99. The van der Waals surface area contributed by atoms with Crippen molar-refractivity contribution in [3.05, 3.63) is 56.5 Å². The fourth-order valence-electron chi connectivity index (χ4n) is 1.55. The van der Waals surface area contributed by atoms with Crippen LogP contribution in [0.3, 0.4) is 0 Å². The Morgan fingerprint density at radius 3 is 2.43 bits per heavy atom. The predicted octanol–water partition coefficient (Wildman–Crippen LogP) is 4.43. The molecule has 8 heteroatoms. The number of rotatable bonds is 3. The molecule has 0 amide bonds. The van der Waals surface area contributed by atoms with E-state index in [-0.39, 0.29) is 15.5 Å². The summed E-state index contributed by atoms with van der Waals surface area (Å²) in [5, 5.41) is 9.24. The Bertz CT molecular complexity index is 848. The van der Waals surface area contributed by atoms with Gasteiger partial charge in [-0.15, -0.1) is 0 Å². The lowest BCUT2D eigenvalue weighted by molar-refractivity contribution is 0.601. The standard InChI is InChI=1S/C13H7BrCl2N2O2S/c14-10-3-2-9(6-12(10)16)18-21(19,20)13-5-8(7-17)1-4-11(13)15/h1-6,18H. The largest absolute Gasteiger partial charge is 0.280 e. The van der Waals surface area contributed by atoms with E-state index in [1.807, 2.05) is 6.07 Å². The molecule has 108 valence electrons. The van der Waals surface area contributed by atoms with Crippen LogP contribution in [0.4, 0.5) is 5.69 Å². The minimum absolute atomic E-state index is 0.0321. The highest BCUT2D eigenvalue weighted by Gasteiger charge is 2.19. The number of anilines is 1. The van der Waals surface area contributed by atoms with E-state index in [0.29, 0.717) is 15.2 Å². The molecule has 2 rings (SSSR count). The maximum absolute atomic E-state index is 12.3. The topological polar surface area (TPSA) is 70.0 Å². The molecule has 2 aromatic rings. The van der Waals surface area contributed by atoms with Gasteiger partial charge in [0.1, 0.15) is 4.90 Å². The predicted molar refractivity (Wildman–Crippen MR) is 86.1 cm³/mol. The van der Waals surface area contributed by atoms with Crippen molar-refractivity contribution in [3.8, 4) is 6.07 Å². The lowest BCUT2D eigenvalue weighted by Gasteiger charge is -2.10. The zero-order valence-electron chi connectivity index (χ0n) is 10.3. The van der Waals surface area contributed by atoms with Gasteiger partial charge in [-0.05, 0) is 52.3 Å². The van der Waals surface area contributed by atoms with Crippen molar-refractivity contribution < 1.29 is 8.42 Å². The van der Waals surface area contributed by atoms with Crippen LogP contribution in [0.2, 0.25) is 10.0 Å². The van der Waals surface area contributed by atoms with Gasteiger partial charge in [0.2, 0.25) is 0 Å². The van der Waals surface area contributed by atoms with Crippen LogP contribution in [0.5, 0.6) is 0 Å². The number of halogens is 3. The highest BCUT2D eigenvalue weighted by Crippen LogP contribution is 2.28. The number of nitrogens with zero attached hydrogens (tertiary/aromatic N) is 1. The van der Waals surface area contributed by atoms with Gasteiger partial charge in [-0.2, -0.15) is 5.26 Å². The maximum Gasteiger partial charge on any atom is 0.263 e. The molecule has 0 aromatic heterocycles. The van der Waals surface area contributed by atoms with Crippen molar-refractivity contribution in [1.82, 2.24) is 0 Å². The molecule has 21 heavy (non-hydrogen) atoms. The van der Waals surface area contributed by atoms with Gasteiger partial charge >= 0.3 is 0 Å². The average Bonchev–Trinajstić information content (AvgIpc) is 2.43. The van der Waals surface area contributed by atoms with Gasteiger partial charge in [0.25, 0.3) is 10.0 Å². The third-order valence-electron chi connectivity index (χ3n) is 2.52. The smallest absolute Gasteiger partial charge is 0.263 e. The van der Waals surface area contributed by atoms with Gasteiger partial charge in [-0.3, -0.25) is 4.72 Å². The Labute approximate surface area is 140 Å². The van der Waals surface area contributed by atoms with Crippen LogP contribution in [0.1, 0.15) is 5.56 Å². The fourth-order valence-corrected chi connectivity index (χ4v) is 3.55. The Kier molecular flexibility index (Phi) is 4.79. The first-order chi connectivity index (χ1) is 9.83. The lowest BCUT2D eigenvalue weighted by Crippen LogP contribution is -2.13. The van der Waals surface area contributed by atoms with Crippen LogP contribution >= 0.6 is 39.1 Å². The van der Waals surface area contributed by atoms with Gasteiger partial charge in [0.15, 0.2) is 0 Å². The molecular weight excluding hydrogens is 399 g/mol. The SMILES string of the molecule is N#Cc1ccc(Cl)c(S(=O)(=O)Nc2ccc(Br)c(Cl)c2)c1. The molecule has 0 spiro atoms. The molecule has 0 saturated carbocycles. The third-order valence-corrected chi connectivity index (χ3v) is 5.62. The van der Waals surface area contributed by atoms with Gasteiger partial charge in [-0.25, -0.2) is 8.42 Å². The first-order valence-electron chi connectivity index (χ1n) is 5.51. The van der Waals surface area contributed by atoms with E-state index in [1.54, 1.807) is 12.1 Å². The molecule has 0 aliphatic rings. The number of hydrogen-bond donors (Lipinski definition) is 1. The molecule has 0 bridgehead atoms. The molecule has 0 fully saturated rings. The molecule has 0 heterocycles. The zero-order valence-corrected chi connectivity index (χ0v) is 14.2. The number of nitriles is 1. The van der Waals surface area contributed by atoms with Gasteiger partial charge < -0.3 is 0 Å². The van der Waals surface area contributed by atoms with E-state index in [1.165, 1.54) is 24.3 Å². The third kappa shape index (κ3) is 3.69. The molecule has 0 saturated heterocycles. The zero-order chi connectivity index (χ0) is 15.6. The summed E-state index contributed by atoms with van der Waals surface area (Å²) < 4.78 is 27.7. The highest BCUT2D eigenvalue weighted by molar-refractivity contribution is 9.10.